The number of cyclic esters (lactones) is 1. The van der Waals surface area contributed by atoms with Gasteiger partial charge >= 0.3 is 5.97 Å². The summed E-state index contributed by atoms with van der Waals surface area (Å²) in [5.74, 6) is -2.98. The number of aliphatic hydroxyl groups excluding tert-OH is 2. The Morgan fingerprint density at radius 1 is 1.00 bits per heavy atom. The fourth-order valence-electron chi connectivity index (χ4n) is 8.81. The van der Waals surface area contributed by atoms with E-state index in [2.05, 4.69) is 10.3 Å². The van der Waals surface area contributed by atoms with Crippen LogP contribution in [0.25, 0.3) is 0 Å². The molecule has 0 spiro atoms. The van der Waals surface area contributed by atoms with E-state index in [1.165, 1.54) is 26.0 Å². The second-order valence-corrected chi connectivity index (χ2v) is 18.5. The number of carbonyl (C=O) groups excluding carboxylic acids is 3. The molecule has 0 unspecified atom stereocenters. The van der Waals surface area contributed by atoms with Crippen molar-refractivity contribution in [2.45, 2.75) is 178 Å². The number of nitrogens with zero attached hydrogens (tertiary/aromatic N) is 2. The molecule has 3 aliphatic rings. The number of pyridine rings is 1. The molecule has 2 saturated heterocycles. The van der Waals surface area contributed by atoms with Crippen LogP contribution in [-0.2, 0) is 47.5 Å². The van der Waals surface area contributed by atoms with Crippen molar-refractivity contribution >= 4 is 29.5 Å². The fraction of sp³-hybridized carbons (Fsp3) is 0.773. The molecule has 1 aromatic rings. The Labute approximate surface area is 360 Å². The van der Waals surface area contributed by atoms with Gasteiger partial charge in [0.1, 0.15) is 18.3 Å². The maximum Gasteiger partial charge on any atom is 0.311 e. The molecule has 2 fully saturated rings. The number of hydrogen-bond donors (Lipinski definition) is 3. The van der Waals surface area contributed by atoms with E-state index < -0.39 is 96.3 Å². The lowest BCUT2D eigenvalue weighted by Crippen LogP contribution is -2.61. The lowest BCUT2D eigenvalue weighted by atomic mass is 9.77. The number of hydrogen-bond acceptors (Lipinski definition) is 14. The molecule has 0 radical (unpaired) electrons. The molecule has 4 heterocycles. The van der Waals surface area contributed by atoms with E-state index >= 15 is 0 Å². The number of ether oxygens (including phenoxy) is 7. The van der Waals surface area contributed by atoms with Gasteiger partial charge in [0.2, 0.25) is 11.8 Å². The van der Waals surface area contributed by atoms with Gasteiger partial charge in [0.25, 0.3) is 0 Å². The minimum absolute atomic E-state index is 0.144. The summed E-state index contributed by atoms with van der Waals surface area (Å²) >= 11 is 1.38. The molecule has 60 heavy (non-hydrogen) atoms. The van der Waals surface area contributed by atoms with Gasteiger partial charge in [-0.3, -0.25) is 19.4 Å². The highest BCUT2D eigenvalue weighted by molar-refractivity contribution is 8.00. The molecular formula is C44H71N3O12S. The van der Waals surface area contributed by atoms with Crippen LogP contribution in [0.1, 0.15) is 94.9 Å². The number of amides is 2. The van der Waals surface area contributed by atoms with E-state index in [4.69, 9.17) is 33.2 Å². The van der Waals surface area contributed by atoms with Crippen LogP contribution in [0.15, 0.2) is 41.1 Å². The molecular weight excluding hydrogens is 795 g/mol. The number of carbonyl (C=O) groups is 3. The summed E-state index contributed by atoms with van der Waals surface area (Å²) in [7, 11) is 4.72. The summed E-state index contributed by atoms with van der Waals surface area (Å²) in [5, 5.41) is 26.1. The zero-order valence-electron chi connectivity index (χ0n) is 37.8. The lowest BCUT2D eigenvalue weighted by molar-refractivity contribution is -0.318. The Morgan fingerprint density at radius 3 is 2.27 bits per heavy atom. The summed E-state index contributed by atoms with van der Waals surface area (Å²) in [5.41, 5.74) is -1.47. The number of rotatable bonds is 11. The average molecular weight is 866 g/mol. The van der Waals surface area contributed by atoms with Crippen molar-refractivity contribution in [1.82, 2.24) is 15.2 Å². The lowest BCUT2D eigenvalue weighted by Gasteiger charge is -2.49. The Hall–Kier alpha value is -2.67. The Kier molecular flexibility index (Phi) is 18.0. The summed E-state index contributed by atoms with van der Waals surface area (Å²) in [6.45, 7) is 18.3. The zero-order valence-corrected chi connectivity index (χ0v) is 38.6. The molecule has 3 aliphatic heterocycles. The molecule has 16 atom stereocenters. The normalized spacial score (nSPS) is 40.9. The third kappa shape index (κ3) is 12.1. The van der Waals surface area contributed by atoms with Gasteiger partial charge in [-0.25, -0.2) is 0 Å². The number of aromatic nitrogens is 1. The molecule has 0 saturated carbocycles. The SMILES string of the molecule is CC[C@H]1OC(=O)[C@H](C)[C@@H](O[C@H]2C[C@@](C)(OC)[C@@H](O)[C@H](C)O2)[C@H](C)[C@@H](O[C@@H]2O[C@H](C)C[C@H](N(C)C(=O)CSc3ccncc3)[C@H]2O)[C@](C)(OC)C[C@@H](C)C(=O)N[C@H](C)/C=C/1C. The van der Waals surface area contributed by atoms with Crippen molar-refractivity contribution in [3.8, 4) is 0 Å². The Morgan fingerprint density at radius 2 is 1.65 bits per heavy atom. The number of methoxy groups -OCH3 is 2. The van der Waals surface area contributed by atoms with Gasteiger partial charge in [-0.05, 0) is 85.4 Å². The topological polar surface area (TPSA) is 184 Å². The average Bonchev–Trinajstić information content (AvgIpc) is 3.21. The van der Waals surface area contributed by atoms with Gasteiger partial charge in [0.15, 0.2) is 12.6 Å². The van der Waals surface area contributed by atoms with Crippen LogP contribution in [0.5, 0.6) is 0 Å². The van der Waals surface area contributed by atoms with E-state index in [0.717, 1.165) is 10.5 Å². The quantitative estimate of drug-likeness (QED) is 0.159. The van der Waals surface area contributed by atoms with Gasteiger partial charge in [-0.15, -0.1) is 11.8 Å². The van der Waals surface area contributed by atoms with E-state index in [0.29, 0.717) is 12.8 Å². The number of aliphatic hydroxyl groups is 2. The van der Waals surface area contributed by atoms with Gasteiger partial charge < -0.3 is 53.6 Å². The highest BCUT2D eigenvalue weighted by atomic mass is 32.2. The minimum Gasteiger partial charge on any atom is -0.458 e. The smallest absolute Gasteiger partial charge is 0.311 e. The highest BCUT2D eigenvalue weighted by Gasteiger charge is 2.52. The third-order valence-electron chi connectivity index (χ3n) is 12.7. The molecule has 1 aromatic heterocycles. The first kappa shape index (κ1) is 50.0. The summed E-state index contributed by atoms with van der Waals surface area (Å²) in [6.07, 6.45) is -1.68. The van der Waals surface area contributed by atoms with Gasteiger partial charge in [0, 0.05) is 62.9 Å². The zero-order chi connectivity index (χ0) is 44.7. The standard InChI is InChI=1S/C44H71N3O12S/c1-14-33-24(2)19-26(4)46-40(51)25(3)21-44(10,54-13)39(28(6)37(29(7)41(52)57-33)58-35-22-43(9,53-12)38(50)30(8)56-35)59-42-36(49)32(20-27(5)55-42)47(11)34(48)23-60-31-15-17-45-18-16-31/h15-19,25-30,32-33,35-39,42,49-50H,14,20-23H2,1-13H3,(H,46,51)/b24-19+/t25-,26-,27-,28+,29-,30+,32+,33-,35+,36-,37+,38+,39-,42+,43-,44-/m1/s1. The van der Waals surface area contributed by atoms with Crippen LogP contribution < -0.4 is 5.32 Å². The van der Waals surface area contributed by atoms with Crippen LogP contribution >= 0.6 is 11.8 Å². The predicted octanol–water partition coefficient (Wildman–Crippen LogP) is 4.66. The van der Waals surface area contributed by atoms with E-state index in [-0.39, 0.29) is 36.5 Å². The third-order valence-corrected chi connectivity index (χ3v) is 13.7. The Bertz CT molecular complexity index is 1610. The van der Waals surface area contributed by atoms with Gasteiger partial charge in [0.05, 0.1) is 53.3 Å². The van der Waals surface area contributed by atoms with Crippen molar-refractivity contribution in [3.63, 3.8) is 0 Å². The highest BCUT2D eigenvalue weighted by Crippen LogP contribution is 2.41. The predicted molar refractivity (Wildman–Crippen MR) is 226 cm³/mol. The van der Waals surface area contributed by atoms with E-state index in [1.807, 2.05) is 66.7 Å². The van der Waals surface area contributed by atoms with Crippen molar-refractivity contribution in [2.24, 2.45) is 17.8 Å². The monoisotopic (exact) mass is 865 g/mol. The van der Waals surface area contributed by atoms with Gasteiger partial charge in [-0.2, -0.15) is 0 Å². The second kappa shape index (κ2) is 21.6. The molecule has 0 bridgehead atoms. The number of nitrogens with one attached hydrogen (secondary N) is 1. The van der Waals surface area contributed by atoms with E-state index in [1.54, 1.807) is 45.1 Å². The van der Waals surface area contributed by atoms with Crippen molar-refractivity contribution in [3.05, 3.63) is 36.2 Å². The van der Waals surface area contributed by atoms with Crippen molar-refractivity contribution < 1.29 is 57.8 Å². The number of esters is 1. The summed E-state index contributed by atoms with van der Waals surface area (Å²) in [4.78, 5) is 48.2. The molecule has 0 aliphatic carbocycles. The molecule has 16 heteroatoms. The Balaban J connectivity index is 1.77. The molecule has 4 rings (SSSR count). The molecule has 15 nitrogen and oxygen atoms in total. The maximum absolute atomic E-state index is 14.3. The molecule has 0 aromatic carbocycles. The number of thioether (sulfide) groups is 1. The van der Waals surface area contributed by atoms with Crippen LogP contribution in [0, 0.1) is 17.8 Å². The molecule has 2 amide bonds. The summed E-state index contributed by atoms with van der Waals surface area (Å²) < 4.78 is 44.7. The van der Waals surface area contributed by atoms with Gasteiger partial charge in [-0.1, -0.05) is 26.8 Å². The first-order chi connectivity index (χ1) is 28.2. The van der Waals surface area contributed by atoms with Crippen LogP contribution in [0.2, 0.25) is 0 Å². The minimum atomic E-state index is -1.29. The van der Waals surface area contributed by atoms with Crippen molar-refractivity contribution in [1.29, 1.82) is 0 Å². The molecule has 340 valence electrons. The fourth-order valence-corrected chi connectivity index (χ4v) is 9.61. The van der Waals surface area contributed by atoms with Crippen LogP contribution in [0.4, 0.5) is 0 Å². The first-order valence-corrected chi connectivity index (χ1v) is 22.2. The van der Waals surface area contributed by atoms with Crippen LogP contribution in [-0.4, -0.2) is 143 Å². The van der Waals surface area contributed by atoms with Crippen molar-refractivity contribution in [2.75, 3.05) is 27.0 Å². The summed E-state index contributed by atoms with van der Waals surface area (Å²) in [6, 6.07) is 2.63. The van der Waals surface area contributed by atoms with E-state index in [9.17, 15) is 24.6 Å². The second-order valence-electron chi connectivity index (χ2n) is 17.5. The first-order valence-electron chi connectivity index (χ1n) is 21.2. The number of likely N-dealkylation sites (N-methyl/N-ethyl adjacent to an activating group) is 1. The molecule has 3 N–H and O–H groups in total. The van der Waals surface area contributed by atoms with Crippen LogP contribution in [0.3, 0.4) is 0 Å². The largest absolute Gasteiger partial charge is 0.458 e. The maximum atomic E-state index is 14.3.